The molecule has 3 rings (SSSR count). The van der Waals surface area contributed by atoms with Crippen LogP contribution in [0.3, 0.4) is 0 Å². The van der Waals surface area contributed by atoms with Crippen LogP contribution in [0.5, 0.6) is 5.75 Å². The van der Waals surface area contributed by atoms with Crippen LogP contribution < -0.4 is 10.1 Å². The maximum absolute atomic E-state index is 12.4. The van der Waals surface area contributed by atoms with Gasteiger partial charge in [-0.3, -0.25) is 9.69 Å². The lowest BCUT2D eigenvalue weighted by Crippen LogP contribution is -2.44. The summed E-state index contributed by atoms with van der Waals surface area (Å²) in [6.07, 6.45) is 3.64. The molecule has 0 spiro atoms. The normalized spacial score (nSPS) is 16.2. The molecule has 1 amide bonds. The Bertz CT molecular complexity index is 664. The number of nitrogens with one attached hydrogen (secondary N) is 1. The number of piperidine rings is 1. The minimum atomic E-state index is -0.0886. The van der Waals surface area contributed by atoms with Crippen LogP contribution in [0.4, 0.5) is 5.69 Å². The van der Waals surface area contributed by atoms with Crippen molar-refractivity contribution in [3.05, 3.63) is 60.2 Å². The maximum atomic E-state index is 12.4. The number of nitrogens with zero attached hydrogens (tertiary/aromatic N) is 1. The van der Waals surface area contributed by atoms with Crippen molar-refractivity contribution in [3.8, 4) is 5.75 Å². The van der Waals surface area contributed by atoms with E-state index in [9.17, 15) is 4.79 Å². The zero-order chi connectivity index (χ0) is 17.5. The van der Waals surface area contributed by atoms with Gasteiger partial charge in [-0.2, -0.15) is 0 Å². The number of likely N-dealkylation sites (tertiary alicyclic amines) is 1. The van der Waals surface area contributed by atoms with Crippen molar-refractivity contribution in [2.45, 2.75) is 38.8 Å². The highest BCUT2D eigenvalue weighted by molar-refractivity contribution is 5.94. The maximum Gasteiger partial charge on any atom is 0.241 e. The van der Waals surface area contributed by atoms with Crippen LogP contribution in [0.15, 0.2) is 54.6 Å². The molecule has 1 aliphatic rings. The molecule has 1 atom stereocenters. The quantitative estimate of drug-likeness (QED) is 0.863. The number of hydrogen-bond acceptors (Lipinski definition) is 3. The molecule has 2 aromatic rings. The van der Waals surface area contributed by atoms with E-state index in [0.717, 1.165) is 30.1 Å². The van der Waals surface area contributed by atoms with Gasteiger partial charge in [0.2, 0.25) is 5.91 Å². The van der Waals surface area contributed by atoms with Crippen molar-refractivity contribution in [1.29, 1.82) is 0 Å². The summed E-state index contributed by atoms with van der Waals surface area (Å²) >= 11 is 0. The van der Waals surface area contributed by atoms with Crippen molar-refractivity contribution in [3.63, 3.8) is 0 Å². The summed E-state index contributed by atoms with van der Waals surface area (Å²) in [6, 6.07) is 17.5. The molecule has 1 fully saturated rings. The lowest BCUT2D eigenvalue weighted by Gasteiger charge is -2.31. The first-order chi connectivity index (χ1) is 12.2. The third-order valence-electron chi connectivity index (χ3n) is 4.69. The molecule has 1 heterocycles. The first-order valence-corrected chi connectivity index (χ1v) is 9.04. The van der Waals surface area contributed by atoms with E-state index in [1.54, 1.807) is 0 Å². The van der Waals surface area contributed by atoms with Gasteiger partial charge in [-0.1, -0.05) is 36.8 Å². The van der Waals surface area contributed by atoms with E-state index < -0.39 is 0 Å². The average molecular weight is 338 g/mol. The summed E-state index contributed by atoms with van der Waals surface area (Å²) < 4.78 is 5.77. The van der Waals surface area contributed by atoms with E-state index >= 15 is 0 Å². The number of anilines is 1. The van der Waals surface area contributed by atoms with Crippen molar-refractivity contribution in [1.82, 2.24) is 4.90 Å². The van der Waals surface area contributed by atoms with Gasteiger partial charge in [0.25, 0.3) is 0 Å². The summed E-state index contributed by atoms with van der Waals surface area (Å²) in [5.74, 6) is 0.853. The van der Waals surface area contributed by atoms with Crippen molar-refractivity contribution in [2.75, 3.05) is 18.4 Å². The Morgan fingerprint density at radius 1 is 1.04 bits per heavy atom. The Morgan fingerprint density at radius 3 is 2.40 bits per heavy atom. The highest BCUT2D eigenvalue weighted by Gasteiger charge is 2.22. The topological polar surface area (TPSA) is 41.6 Å². The van der Waals surface area contributed by atoms with Crippen LogP contribution in [0.25, 0.3) is 0 Å². The third kappa shape index (κ3) is 5.07. The molecule has 0 radical (unpaired) electrons. The second-order valence-corrected chi connectivity index (χ2v) is 6.56. The molecule has 2 aromatic carbocycles. The first-order valence-electron chi connectivity index (χ1n) is 9.04. The fourth-order valence-corrected chi connectivity index (χ4v) is 3.09. The molecule has 25 heavy (non-hydrogen) atoms. The Balaban J connectivity index is 1.50. The fourth-order valence-electron chi connectivity index (χ4n) is 3.09. The average Bonchev–Trinajstić information content (AvgIpc) is 2.68. The van der Waals surface area contributed by atoms with E-state index in [-0.39, 0.29) is 11.9 Å². The lowest BCUT2D eigenvalue weighted by atomic mass is 10.1. The molecule has 0 aromatic heterocycles. The Hall–Kier alpha value is -2.33. The molecule has 0 bridgehead atoms. The van der Waals surface area contributed by atoms with E-state index in [2.05, 4.69) is 10.2 Å². The third-order valence-corrected chi connectivity index (χ3v) is 4.69. The second-order valence-electron chi connectivity index (χ2n) is 6.56. The number of benzene rings is 2. The lowest BCUT2D eigenvalue weighted by molar-refractivity contribution is -0.121. The molecule has 1 N–H and O–H groups in total. The van der Waals surface area contributed by atoms with Gasteiger partial charge in [-0.15, -0.1) is 0 Å². The number of amides is 1. The molecule has 4 heteroatoms. The summed E-state index contributed by atoms with van der Waals surface area (Å²) in [4.78, 5) is 14.7. The molecule has 0 saturated carbocycles. The van der Waals surface area contributed by atoms with Crippen molar-refractivity contribution < 1.29 is 9.53 Å². The molecule has 0 aliphatic carbocycles. The van der Waals surface area contributed by atoms with Gasteiger partial charge in [0.15, 0.2) is 0 Å². The molecular formula is C21H26N2O2. The van der Waals surface area contributed by atoms with E-state index in [1.165, 1.54) is 19.3 Å². The van der Waals surface area contributed by atoms with Gasteiger partial charge in [0.1, 0.15) is 12.4 Å². The van der Waals surface area contributed by atoms with Gasteiger partial charge in [-0.05, 0) is 62.7 Å². The summed E-state index contributed by atoms with van der Waals surface area (Å²) in [5, 5.41) is 3.00. The number of ether oxygens (including phenoxy) is 1. The highest BCUT2D eigenvalue weighted by Crippen LogP contribution is 2.18. The second kappa shape index (κ2) is 8.67. The minimum absolute atomic E-state index is 0.0554. The van der Waals surface area contributed by atoms with Gasteiger partial charge >= 0.3 is 0 Å². The zero-order valence-electron chi connectivity index (χ0n) is 14.8. The van der Waals surface area contributed by atoms with Crippen LogP contribution in [0, 0.1) is 0 Å². The van der Waals surface area contributed by atoms with Crippen LogP contribution in [0.2, 0.25) is 0 Å². The van der Waals surface area contributed by atoms with E-state index in [0.29, 0.717) is 6.61 Å². The Kier molecular flexibility index (Phi) is 6.07. The van der Waals surface area contributed by atoms with Crippen LogP contribution in [0.1, 0.15) is 31.7 Å². The molecule has 1 saturated heterocycles. The molecule has 0 unspecified atom stereocenters. The van der Waals surface area contributed by atoms with E-state index in [1.807, 2.05) is 61.5 Å². The summed E-state index contributed by atoms with van der Waals surface area (Å²) in [5.41, 5.74) is 1.94. The van der Waals surface area contributed by atoms with Gasteiger partial charge < -0.3 is 10.1 Å². The number of carbonyl (C=O) groups excluding carboxylic acids is 1. The molecule has 1 aliphatic heterocycles. The van der Waals surface area contributed by atoms with Gasteiger partial charge in [0.05, 0.1) is 6.04 Å². The predicted molar refractivity (Wildman–Crippen MR) is 101 cm³/mol. The number of carbonyl (C=O) groups is 1. The highest BCUT2D eigenvalue weighted by atomic mass is 16.5. The van der Waals surface area contributed by atoms with Crippen molar-refractivity contribution >= 4 is 11.6 Å². The molecular weight excluding hydrogens is 312 g/mol. The van der Waals surface area contributed by atoms with Crippen molar-refractivity contribution in [2.24, 2.45) is 0 Å². The Morgan fingerprint density at radius 2 is 1.72 bits per heavy atom. The zero-order valence-corrected chi connectivity index (χ0v) is 14.8. The summed E-state index contributed by atoms with van der Waals surface area (Å²) in [6.45, 7) is 4.55. The SMILES string of the molecule is C[C@@H](C(=O)Nc1ccc(OCc2ccccc2)cc1)N1CCCCC1. The van der Waals surface area contributed by atoms with Gasteiger partial charge in [0, 0.05) is 5.69 Å². The minimum Gasteiger partial charge on any atom is -0.489 e. The fraction of sp³-hybridized carbons (Fsp3) is 0.381. The molecule has 132 valence electrons. The Labute approximate surface area is 149 Å². The van der Waals surface area contributed by atoms with Crippen LogP contribution in [-0.4, -0.2) is 29.9 Å². The predicted octanol–water partition coefficient (Wildman–Crippen LogP) is 4.08. The monoisotopic (exact) mass is 338 g/mol. The van der Waals surface area contributed by atoms with Gasteiger partial charge in [-0.25, -0.2) is 0 Å². The number of hydrogen-bond donors (Lipinski definition) is 1. The van der Waals surface area contributed by atoms with Crippen LogP contribution >= 0.6 is 0 Å². The smallest absolute Gasteiger partial charge is 0.241 e. The number of rotatable bonds is 6. The van der Waals surface area contributed by atoms with E-state index in [4.69, 9.17) is 4.74 Å². The summed E-state index contributed by atoms with van der Waals surface area (Å²) in [7, 11) is 0. The molecule has 4 nitrogen and oxygen atoms in total. The standard InChI is InChI=1S/C21H26N2O2/c1-17(23-14-6-3-7-15-23)21(24)22-19-10-12-20(13-11-19)25-16-18-8-4-2-5-9-18/h2,4-5,8-13,17H,3,6-7,14-16H2,1H3,(H,22,24)/t17-/m0/s1. The first kappa shape index (κ1) is 17.5. The van der Waals surface area contributed by atoms with Crippen LogP contribution in [-0.2, 0) is 11.4 Å². The largest absolute Gasteiger partial charge is 0.489 e.